The summed E-state index contributed by atoms with van der Waals surface area (Å²) in [5.41, 5.74) is -2.09. The number of rotatable bonds is 6. The van der Waals surface area contributed by atoms with Gasteiger partial charge in [0.2, 0.25) is 0 Å². The molecule has 2 aromatic rings. The first-order valence-corrected chi connectivity index (χ1v) is 6.80. The molecule has 0 spiro atoms. The number of carboxylic acids is 1. The molecule has 1 aromatic carbocycles. The zero-order chi connectivity index (χ0) is 17.0. The van der Waals surface area contributed by atoms with E-state index >= 15 is 0 Å². The molecule has 0 unspecified atom stereocenters. The Balaban J connectivity index is 2.63. The summed E-state index contributed by atoms with van der Waals surface area (Å²) in [7, 11) is 1.50. The summed E-state index contributed by atoms with van der Waals surface area (Å²) in [5, 5.41) is 9.15. The van der Waals surface area contributed by atoms with Crippen LogP contribution in [0.25, 0.3) is 5.69 Å². The number of benzene rings is 1. The molecule has 7 nitrogen and oxygen atoms in total. The van der Waals surface area contributed by atoms with Crippen molar-refractivity contribution >= 4 is 5.97 Å². The SMILES string of the molecule is COCCCn1cc(C(=O)O)c(=O)n(-c2ccc(F)cc2)c1=O. The van der Waals surface area contributed by atoms with Gasteiger partial charge in [0.25, 0.3) is 5.56 Å². The van der Waals surface area contributed by atoms with Crippen molar-refractivity contribution in [2.45, 2.75) is 13.0 Å². The Morgan fingerprint density at radius 2 is 1.91 bits per heavy atom. The van der Waals surface area contributed by atoms with Crippen molar-refractivity contribution in [1.29, 1.82) is 0 Å². The third kappa shape index (κ3) is 3.54. The second-order valence-corrected chi connectivity index (χ2v) is 4.79. The van der Waals surface area contributed by atoms with Crippen LogP contribution in [0.4, 0.5) is 4.39 Å². The fourth-order valence-corrected chi connectivity index (χ4v) is 2.11. The summed E-state index contributed by atoms with van der Waals surface area (Å²) in [4.78, 5) is 35.9. The Bertz CT molecular complexity index is 823. The maximum Gasteiger partial charge on any atom is 0.342 e. The average Bonchev–Trinajstić information content (AvgIpc) is 2.51. The van der Waals surface area contributed by atoms with Crippen LogP contribution in [0, 0.1) is 5.82 Å². The molecule has 2 rings (SSSR count). The minimum absolute atomic E-state index is 0.102. The van der Waals surface area contributed by atoms with Gasteiger partial charge in [-0.05, 0) is 30.7 Å². The fraction of sp³-hybridized carbons (Fsp3) is 0.267. The van der Waals surface area contributed by atoms with Crippen molar-refractivity contribution < 1.29 is 19.0 Å². The molecule has 0 atom stereocenters. The standard InChI is InChI=1S/C15H15FN2O5/c1-23-8-2-7-17-9-12(14(20)21)13(19)18(15(17)22)11-5-3-10(16)4-6-11/h3-6,9H,2,7-8H2,1H3,(H,20,21). The monoisotopic (exact) mass is 322 g/mol. The molecule has 8 heteroatoms. The van der Waals surface area contributed by atoms with Crippen LogP contribution in [0.15, 0.2) is 40.1 Å². The predicted molar refractivity (Wildman–Crippen MR) is 79.7 cm³/mol. The lowest BCUT2D eigenvalue weighted by Crippen LogP contribution is -2.41. The van der Waals surface area contributed by atoms with E-state index in [4.69, 9.17) is 9.84 Å². The molecular weight excluding hydrogens is 307 g/mol. The van der Waals surface area contributed by atoms with Gasteiger partial charge in [-0.15, -0.1) is 0 Å². The molecule has 0 saturated carbocycles. The zero-order valence-corrected chi connectivity index (χ0v) is 12.4. The number of halogens is 1. The molecule has 0 radical (unpaired) electrons. The predicted octanol–water partition coefficient (Wildman–Crippen LogP) is 0.873. The van der Waals surface area contributed by atoms with Gasteiger partial charge in [0, 0.05) is 26.5 Å². The fourth-order valence-electron chi connectivity index (χ4n) is 2.11. The summed E-state index contributed by atoms with van der Waals surface area (Å²) in [5.74, 6) is -1.97. The molecular formula is C15H15FN2O5. The van der Waals surface area contributed by atoms with Gasteiger partial charge in [-0.25, -0.2) is 18.5 Å². The van der Waals surface area contributed by atoms with E-state index < -0.39 is 28.6 Å². The Kier molecular flexibility index (Phi) is 5.07. The molecule has 0 bridgehead atoms. The van der Waals surface area contributed by atoms with Gasteiger partial charge < -0.3 is 9.84 Å². The third-order valence-electron chi connectivity index (χ3n) is 3.22. The van der Waals surface area contributed by atoms with Crippen molar-refractivity contribution in [1.82, 2.24) is 9.13 Å². The first-order chi connectivity index (χ1) is 11.0. The zero-order valence-electron chi connectivity index (χ0n) is 12.4. The van der Waals surface area contributed by atoms with E-state index in [1.807, 2.05) is 0 Å². The number of methoxy groups -OCH3 is 1. The summed E-state index contributed by atoms with van der Waals surface area (Å²) in [6.45, 7) is 0.568. The summed E-state index contributed by atoms with van der Waals surface area (Å²) < 4.78 is 19.8. The molecule has 0 aliphatic heterocycles. The van der Waals surface area contributed by atoms with Gasteiger partial charge in [-0.2, -0.15) is 0 Å². The highest BCUT2D eigenvalue weighted by Gasteiger charge is 2.17. The van der Waals surface area contributed by atoms with Gasteiger partial charge in [0.15, 0.2) is 0 Å². The molecule has 0 saturated heterocycles. The van der Waals surface area contributed by atoms with Crippen LogP contribution >= 0.6 is 0 Å². The number of ether oxygens (including phenoxy) is 1. The maximum absolute atomic E-state index is 13.0. The van der Waals surface area contributed by atoms with Crippen LogP contribution in [0.3, 0.4) is 0 Å². The highest BCUT2D eigenvalue weighted by atomic mass is 19.1. The minimum Gasteiger partial charge on any atom is -0.477 e. The number of hydrogen-bond acceptors (Lipinski definition) is 4. The average molecular weight is 322 g/mol. The number of carbonyl (C=O) groups is 1. The lowest BCUT2D eigenvalue weighted by Gasteiger charge is -2.11. The Hall–Kier alpha value is -2.74. The van der Waals surface area contributed by atoms with E-state index in [1.165, 1.54) is 19.2 Å². The minimum atomic E-state index is -1.44. The normalized spacial score (nSPS) is 10.7. The van der Waals surface area contributed by atoms with Crippen LogP contribution < -0.4 is 11.2 Å². The van der Waals surface area contributed by atoms with E-state index in [-0.39, 0.29) is 12.2 Å². The molecule has 0 amide bonds. The second-order valence-electron chi connectivity index (χ2n) is 4.79. The van der Waals surface area contributed by atoms with Crippen LogP contribution in [-0.2, 0) is 11.3 Å². The quantitative estimate of drug-likeness (QED) is 0.797. The first-order valence-electron chi connectivity index (χ1n) is 6.80. The van der Waals surface area contributed by atoms with Gasteiger partial charge in [-0.3, -0.25) is 9.36 Å². The summed E-state index contributed by atoms with van der Waals surface area (Å²) in [6.07, 6.45) is 1.49. The van der Waals surface area contributed by atoms with Crippen LogP contribution in [0.2, 0.25) is 0 Å². The van der Waals surface area contributed by atoms with E-state index in [2.05, 4.69) is 0 Å². The van der Waals surface area contributed by atoms with Crippen molar-refractivity contribution in [3.05, 3.63) is 62.7 Å². The van der Waals surface area contributed by atoms with E-state index in [0.29, 0.717) is 13.0 Å². The van der Waals surface area contributed by atoms with E-state index in [1.54, 1.807) is 0 Å². The van der Waals surface area contributed by atoms with Gasteiger partial charge >= 0.3 is 11.7 Å². The smallest absolute Gasteiger partial charge is 0.342 e. The molecule has 1 heterocycles. The third-order valence-corrected chi connectivity index (χ3v) is 3.22. The van der Waals surface area contributed by atoms with E-state index in [0.717, 1.165) is 27.5 Å². The maximum atomic E-state index is 13.0. The first kappa shape index (κ1) is 16.6. The topological polar surface area (TPSA) is 90.5 Å². The number of aromatic carboxylic acids is 1. The largest absolute Gasteiger partial charge is 0.477 e. The lowest BCUT2D eigenvalue weighted by molar-refractivity contribution is 0.0693. The molecule has 23 heavy (non-hydrogen) atoms. The Morgan fingerprint density at radius 3 is 2.48 bits per heavy atom. The molecule has 122 valence electrons. The highest BCUT2D eigenvalue weighted by molar-refractivity contribution is 5.86. The van der Waals surface area contributed by atoms with E-state index in [9.17, 15) is 18.8 Å². The Morgan fingerprint density at radius 1 is 1.26 bits per heavy atom. The van der Waals surface area contributed by atoms with Gasteiger partial charge in [0.05, 0.1) is 5.69 Å². The number of carboxylic acid groups (broad SMARTS) is 1. The van der Waals surface area contributed by atoms with Crippen molar-refractivity contribution in [3.63, 3.8) is 0 Å². The van der Waals surface area contributed by atoms with Gasteiger partial charge in [-0.1, -0.05) is 0 Å². The number of aromatic nitrogens is 2. The van der Waals surface area contributed by atoms with Crippen molar-refractivity contribution in [2.75, 3.05) is 13.7 Å². The highest BCUT2D eigenvalue weighted by Crippen LogP contribution is 2.05. The molecule has 0 aliphatic rings. The number of aryl methyl sites for hydroxylation is 1. The van der Waals surface area contributed by atoms with Crippen LogP contribution in [0.5, 0.6) is 0 Å². The second kappa shape index (κ2) is 7.01. The lowest BCUT2D eigenvalue weighted by atomic mass is 10.2. The summed E-state index contributed by atoms with van der Waals surface area (Å²) in [6, 6.07) is 4.65. The van der Waals surface area contributed by atoms with Gasteiger partial charge in [0.1, 0.15) is 11.4 Å². The Labute approximate surface area is 130 Å². The number of nitrogens with zero attached hydrogens (tertiary/aromatic N) is 2. The molecule has 0 fully saturated rings. The van der Waals surface area contributed by atoms with Crippen molar-refractivity contribution in [3.8, 4) is 5.69 Å². The molecule has 1 aromatic heterocycles. The van der Waals surface area contributed by atoms with Crippen LogP contribution in [-0.4, -0.2) is 33.9 Å². The molecule has 0 aliphatic carbocycles. The van der Waals surface area contributed by atoms with Crippen molar-refractivity contribution in [2.24, 2.45) is 0 Å². The summed E-state index contributed by atoms with van der Waals surface area (Å²) >= 11 is 0. The van der Waals surface area contributed by atoms with Crippen LogP contribution in [0.1, 0.15) is 16.8 Å². The molecule has 1 N–H and O–H groups in total. The number of hydrogen-bond donors (Lipinski definition) is 1.